The number of carbonyl (C=O) groups excluding carboxylic acids is 2. The molecule has 0 N–H and O–H groups in total. The number of hydrogen-bond acceptors (Lipinski definition) is 3. The van der Waals surface area contributed by atoms with Gasteiger partial charge in [-0.05, 0) is 64.2 Å². The first kappa shape index (κ1) is 46.3. The lowest BCUT2D eigenvalue weighted by Crippen LogP contribution is -2.40. The topological polar surface area (TPSA) is 37.4 Å². The second kappa shape index (κ2) is 38.1. The Morgan fingerprint density at radius 3 is 0.870 bits per heavy atom. The summed E-state index contributed by atoms with van der Waals surface area (Å²) in [5, 5.41) is 0. The molecule has 3 nitrogen and oxygen atoms in total. The molecule has 0 amide bonds. The molecule has 0 saturated heterocycles. The highest BCUT2D eigenvalue weighted by molar-refractivity contribution is 9.18. The lowest BCUT2D eigenvalue weighted by molar-refractivity contribution is -0.116. The SMILES string of the molecule is CCCCCCCCCCCCCCCCCCN(CCCCCCCCCCCCCCCCCC)[C@@H](CCC(=O)Br)C(=O)Br. The molecule has 0 aromatic carbocycles. The second-order valence-corrected chi connectivity index (χ2v) is 16.0. The molecule has 0 spiro atoms. The molecule has 5 heteroatoms. The van der Waals surface area contributed by atoms with Crippen molar-refractivity contribution in [2.75, 3.05) is 13.1 Å². The zero-order valence-corrected chi connectivity index (χ0v) is 34.2. The first-order chi connectivity index (χ1) is 22.5. The number of halogens is 2. The van der Waals surface area contributed by atoms with Crippen molar-refractivity contribution >= 4 is 41.2 Å². The minimum atomic E-state index is -0.186. The van der Waals surface area contributed by atoms with E-state index in [-0.39, 0.29) is 15.4 Å². The summed E-state index contributed by atoms with van der Waals surface area (Å²) < 4.78 is 0.0326. The number of hydrogen-bond donors (Lipinski definition) is 0. The fourth-order valence-corrected chi connectivity index (χ4v) is 7.59. The molecule has 274 valence electrons. The van der Waals surface area contributed by atoms with Crippen molar-refractivity contribution in [2.45, 2.75) is 238 Å². The van der Waals surface area contributed by atoms with Crippen molar-refractivity contribution in [1.29, 1.82) is 0 Å². The molecule has 0 aliphatic carbocycles. The highest BCUT2D eigenvalue weighted by atomic mass is 79.9. The molecule has 0 saturated carbocycles. The molecule has 0 heterocycles. The van der Waals surface area contributed by atoms with Crippen molar-refractivity contribution in [3.05, 3.63) is 0 Å². The summed E-state index contributed by atoms with van der Waals surface area (Å²) in [4.78, 5) is 26.5. The van der Waals surface area contributed by atoms with Gasteiger partial charge in [-0.3, -0.25) is 14.5 Å². The van der Waals surface area contributed by atoms with E-state index in [2.05, 4.69) is 50.6 Å². The van der Waals surface area contributed by atoms with Crippen molar-refractivity contribution in [3.63, 3.8) is 0 Å². The van der Waals surface area contributed by atoms with E-state index < -0.39 is 0 Å². The fraction of sp³-hybridized carbons (Fsp3) is 0.951. The third kappa shape index (κ3) is 34.1. The lowest BCUT2D eigenvalue weighted by atomic mass is 10.0. The van der Waals surface area contributed by atoms with Crippen molar-refractivity contribution in [1.82, 2.24) is 4.90 Å². The van der Waals surface area contributed by atoms with Gasteiger partial charge >= 0.3 is 0 Å². The average Bonchev–Trinajstić information content (AvgIpc) is 3.03. The average molecular weight is 778 g/mol. The Labute approximate surface area is 305 Å². The molecule has 0 unspecified atom stereocenters. The molecule has 0 fully saturated rings. The van der Waals surface area contributed by atoms with Crippen LogP contribution in [0, 0.1) is 0 Å². The van der Waals surface area contributed by atoms with E-state index in [4.69, 9.17) is 0 Å². The van der Waals surface area contributed by atoms with Crippen molar-refractivity contribution in [3.8, 4) is 0 Å². The van der Waals surface area contributed by atoms with Gasteiger partial charge in [0.1, 0.15) is 0 Å². The van der Waals surface area contributed by atoms with Gasteiger partial charge in [0.25, 0.3) is 0 Å². The minimum absolute atomic E-state index is 0.00369. The summed E-state index contributed by atoms with van der Waals surface area (Å²) in [6.45, 7) is 6.52. The van der Waals surface area contributed by atoms with Crippen molar-refractivity contribution in [2.24, 2.45) is 0 Å². The van der Waals surface area contributed by atoms with Gasteiger partial charge in [-0.2, -0.15) is 0 Å². The van der Waals surface area contributed by atoms with Gasteiger partial charge in [-0.15, -0.1) is 0 Å². The third-order valence-electron chi connectivity index (χ3n) is 9.91. The molecule has 0 aromatic heterocycles. The van der Waals surface area contributed by atoms with E-state index in [0.717, 1.165) is 25.9 Å². The maximum Gasteiger partial charge on any atom is 0.214 e. The summed E-state index contributed by atoms with van der Waals surface area (Å²) in [7, 11) is 0. The standard InChI is InChI=1S/C41H79Br2NO2/c1-3-5-7-9-11-13-15-17-19-21-23-25-27-29-31-33-37-44(39(41(43)46)35-36-40(42)45)38-34-32-30-28-26-24-22-20-18-16-14-12-10-8-6-4-2/h39H,3-38H2,1-2H3/t39-/m0/s1. The summed E-state index contributed by atoms with van der Waals surface area (Å²) in [6.07, 6.45) is 45.0. The molecular formula is C41H79Br2NO2. The Hall–Kier alpha value is 0.260. The normalized spacial score (nSPS) is 12.3. The van der Waals surface area contributed by atoms with Crippen LogP contribution in [0.5, 0.6) is 0 Å². The Balaban J connectivity index is 3.99. The fourth-order valence-electron chi connectivity index (χ4n) is 6.84. The Bertz CT molecular complexity index is 608. The van der Waals surface area contributed by atoms with E-state index in [0.29, 0.717) is 12.8 Å². The van der Waals surface area contributed by atoms with E-state index in [1.807, 2.05) is 0 Å². The molecule has 0 bridgehead atoms. The van der Waals surface area contributed by atoms with Crippen LogP contribution < -0.4 is 0 Å². The number of unbranched alkanes of at least 4 members (excludes halogenated alkanes) is 30. The number of rotatable bonds is 39. The van der Waals surface area contributed by atoms with Gasteiger partial charge in [0.15, 0.2) is 4.69 Å². The van der Waals surface area contributed by atoms with Crippen LogP contribution in [0.3, 0.4) is 0 Å². The summed E-state index contributed by atoms with van der Waals surface area (Å²) >= 11 is 6.33. The van der Waals surface area contributed by atoms with Crippen LogP contribution in [-0.4, -0.2) is 33.4 Å². The van der Waals surface area contributed by atoms with Gasteiger partial charge in [0, 0.05) is 6.42 Å². The molecular weight excluding hydrogens is 698 g/mol. The monoisotopic (exact) mass is 775 g/mol. The molecule has 46 heavy (non-hydrogen) atoms. The molecule has 0 aliphatic heterocycles. The van der Waals surface area contributed by atoms with Crippen LogP contribution in [0.2, 0.25) is 0 Å². The van der Waals surface area contributed by atoms with Crippen LogP contribution in [-0.2, 0) is 9.59 Å². The lowest BCUT2D eigenvalue weighted by Gasteiger charge is -2.29. The van der Waals surface area contributed by atoms with Crippen LogP contribution in [0.25, 0.3) is 0 Å². The summed E-state index contributed by atoms with van der Waals surface area (Å²) in [5.41, 5.74) is 0. The largest absolute Gasteiger partial charge is 0.293 e. The van der Waals surface area contributed by atoms with Crippen LogP contribution in [0.4, 0.5) is 0 Å². The molecule has 0 rings (SSSR count). The molecule has 0 radical (unpaired) electrons. The van der Waals surface area contributed by atoms with Gasteiger partial charge in [0.05, 0.1) is 6.04 Å². The molecule has 1 atom stereocenters. The van der Waals surface area contributed by atoms with Crippen LogP contribution in [0.15, 0.2) is 0 Å². The summed E-state index contributed by atoms with van der Waals surface area (Å²) in [6, 6.07) is -0.186. The number of nitrogens with zero attached hydrogens (tertiary/aromatic N) is 1. The second-order valence-electron chi connectivity index (χ2n) is 14.4. The van der Waals surface area contributed by atoms with Gasteiger partial charge in [-0.25, -0.2) is 0 Å². The van der Waals surface area contributed by atoms with Crippen LogP contribution >= 0.6 is 31.9 Å². The van der Waals surface area contributed by atoms with E-state index in [9.17, 15) is 9.59 Å². The first-order valence-corrected chi connectivity index (χ1v) is 22.2. The van der Waals surface area contributed by atoms with Crippen LogP contribution in [0.1, 0.15) is 232 Å². The highest BCUT2D eigenvalue weighted by Crippen LogP contribution is 2.19. The van der Waals surface area contributed by atoms with Gasteiger partial charge in [0.2, 0.25) is 4.69 Å². The first-order valence-electron chi connectivity index (χ1n) is 20.6. The third-order valence-corrected chi connectivity index (χ3v) is 10.8. The smallest absolute Gasteiger partial charge is 0.214 e. The quantitative estimate of drug-likeness (QED) is 0.0461. The van der Waals surface area contributed by atoms with Gasteiger partial charge in [-0.1, -0.05) is 206 Å². The van der Waals surface area contributed by atoms with Gasteiger partial charge < -0.3 is 0 Å². The maximum absolute atomic E-state index is 12.5. The predicted molar refractivity (Wildman–Crippen MR) is 212 cm³/mol. The predicted octanol–water partition coefficient (Wildman–Crippen LogP) is 14.8. The van der Waals surface area contributed by atoms with Crippen molar-refractivity contribution < 1.29 is 9.59 Å². The van der Waals surface area contributed by atoms with E-state index in [1.54, 1.807) is 0 Å². The summed E-state index contributed by atoms with van der Waals surface area (Å²) in [5.74, 6) is 0. The Morgan fingerprint density at radius 1 is 0.413 bits per heavy atom. The molecule has 0 aliphatic rings. The number of carbonyl (C=O) groups is 2. The zero-order valence-electron chi connectivity index (χ0n) is 31.1. The highest BCUT2D eigenvalue weighted by Gasteiger charge is 2.24. The van der Waals surface area contributed by atoms with E-state index in [1.165, 1.54) is 193 Å². The minimum Gasteiger partial charge on any atom is -0.293 e. The molecule has 0 aromatic rings. The Morgan fingerprint density at radius 2 is 0.652 bits per heavy atom. The maximum atomic E-state index is 12.5. The zero-order chi connectivity index (χ0) is 33.8. The Kier molecular flexibility index (Phi) is 38.3. The van der Waals surface area contributed by atoms with E-state index >= 15 is 0 Å².